The summed E-state index contributed by atoms with van der Waals surface area (Å²) in [6.07, 6.45) is -1.91. The van der Waals surface area contributed by atoms with Gasteiger partial charge < -0.3 is 10.3 Å². The lowest BCUT2D eigenvalue weighted by Gasteiger charge is -2.02. The third-order valence-corrected chi connectivity index (χ3v) is 2.26. The number of rotatable bonds is 2. The SMILES string of the molecule is NCCn1ccn2nc(C(F)(F)F)cc2c1=O. The van der Waals surface area contributed by atoms with E-state index in [1.165, 1.54) is 17.0 Å². The smallest absolute Gasteiger partial charge is 0.329 e. The lowest BCUT2D eigenvalue weighted by Crippen LogP contribution is -2.24. The van der Waals surface area contributed by atoms with Gasteiger partial charge in [0, 0.05) is 31.5 Å². The number of halogens is 3. The van der Waals surface area contributed by atoms with E-state index in [0.717, 1.165) is 10.6 Å². The van der Waals surface area contributed by atoms with Gasteiger partial charge in [-0.2, -0.15) is 18.3 Å². The zero-order chi connectivity index (χ0) is 12.6. The van der Waals surface area contributed by atoms with Gasteiger partial charge in [-0.05, 0) is 0 Å². The maximum absolute atomic E-state index is 12.4. The summed E-state index contributed by atoms with van der Waals surface area (Å²) in [5.74, 6) is 0. The Labute approximate surface area is 93.3 Å². The molecule has 2 aromatic heterocycles. The number of hydrogen-bond donors (Lipinski definition) is 1. The summed E-state index contributed by atoms with van der Waals surface area (Å²) < 4.78 is 39.4. The Morgan fingerprint density at radius 2 is 2.06 bits per heavy atom. The molecule has 2 rings (SSSR count). The number of fused-ring (bicyclic) bond motifs is 1. The van der Waals surface area contributed by atoms with Crippen molar-refractivity contribution in [2.75, 3.05) is 6.54 Å². The second kappa shape index (κ2) is 3.88. The van der Waals surface area contributed by atoms with Gasteiger partial charge in [0.15, 0.2) is 5.69 Å². The fraction of sp³-hybridized carbons (Fsp3) is 0.333. The lowest BCUT2D eigenvalue weighted by molar-refractivity contribution is -0.141. The quantitative estimate of drug-likeness (QED) is 0.837. The second-order valence-corrected chi connectivity index (χ2v) is 3.44. The van der Waals surface area contributed by atoms with Gasteiger partial charge in [0.25, 0.3) is 5.56 Å². The zero-order valence-corrected chi connectivity index (χ0v) is 8.61. The third kappa shape index (κ3) is 2.03. The molecule has 0 aromatic carbocycles. The standard InChI is InChI=1S/C9H9F3N4O/c10-9(11,12)7-5-6-8(17)15(2-1-13)3-4-16(6)14-7/h3-5H,1-2,13H2. The van der Waals surface area contributed by atoms with Gasteiger partial charge in [-0.25, -0.2) is 4.52 Å². The molecule has 0 amide bonds. The van der Waals surface area contributed by atoms with Crippen molar-refractivity contribution in [2.24, 2.45) is 5.73 Å². The first-order chi connectivity index (χ1) is 7.93. The van der Waals surface area contributed by atoms with E-state index in [1.54, 1.807) is 0 Å². The van der Waals surface area contributed by atoms with E-state index in [1.807, 2.05) is 0 Å². The van der Waals surface area contributed by atoms with Gasteiger partial charge in [0.1, 0.15) is 5.52 Å². The van der Waals surface area contributed by atoms with Gasteiger partial charge in [-0.1, -0.05) is 0 Å². The average Bonchev–Trinajstić information content (AvgIpc) is 2.66. The van der Waals surface area contributed by atoms with Crippen LogP contribution in [0.3, 0.4) is 0 Å². The van der Waals surface area contributed by atoms with Gasteiger partial charge in [-0.15, -0.1) is 0 Å². The minimum Gasteiger partial charge on any atom is -0.329 e. The van der Waals surface area contributed by atoms with Crippen LogP contribution in [0.1, 0.15) is 5.69 Å². The summed E-state index contributed by atoms with van der Waals surface area (Å²) in [5, 5.41) is 3.29. The van der Waals surface area contributed by atoms with Crippen LogP contribution in [0.4, 0.5) is 13.2 Å². The van der Waals surface area contributed by atoms with Gasteiger partial charge >= 0.3 is 6.18 Å². The highest BCUT2D eigenvalue weighted by Crippen LogP contribution is 2.27. The summed E-state index contributed by atoms with van der Waals surface area (Å²) in [6, 6.07) is 0.731. The average molecular weight is 246 g/mol. The molecule has 8 heteroatoms. The van der Waals surface area contributed by atoms with Crippen molar-refractivity contribution in [1.82, 2.24) is 14.2 Å². The van der Waals surface area contributed by atoms with Gasteiger partial charge in [0.05, 0.1) is 0 Å². The number of hydrogen-bond acceptors (Lipinski definition) is 3. The van der Waals surface area contributed by atoms with Crippen LogP contribution in [-0.4, -0.2) is 20.7 Å². The summed E-state index contributed by atoms with van der Waals surface area (Å²) in [5.41, 5.74) is 3.54. The van der Waals surface area contributed by atoms with E-state index in [9.17, 15) is 18.0 Å². The maximum atomic E-state index is 12.4. The van der Waals surface area contributed by atoms with E-state index >= 15 is 0 Å². The maximum Gasteiger partial charge on any atom is 0.435 e. The third-order valence-electron chi connectivity index (χ3n) is 2.26. The molecule has 0 saturated heterocycles. The Balaban J connectivity index is 2.62. The number of alkyl halides is 3. The van der Waals surface area contributed by atoms with E-state index in [0.29, 0.717) is 0 Å². The number of nitrogens with zero attached hydrogens (tertiary/aromatic N) is 3. The molecule has 92 valence electrons. The van der Waals surface area contributed by atoms with E-state index < -0.39 is 17.4 Å². The molecule has 2 aromatic rings. The van der Waals surface area contributed by atoms with Crippen LogP contribution in [0.15, 0.2) is 23.3 Å². The second-order valence-electron chi connectivity index (χ2n) is 3.44. The Morgan fingerprint density at radius 3 is 2.65 bits per heavy atom. The van der Waals surface area contributed by atoms with E-state index in [4.69, 9.17) is 5.73 Å². The summed E-state index contributed by atoms with van der Waals surface area (Å²) >= 11 is 0. The van der Waals surface area contributed by atoms with Crippen molar-refractivity contribution in [3.8, 4) is 0 Å². The molecule has 0 aliphatic heterocycles. The molecular weight excluding hydrogens is 237 g/mol. The predicted molar refractivity (Wildman–Crippen MR) is 53.5 cm³/mol. The molecule has 2 heterocycles. The topological polar surface area (TPSA) is 65.3 Å². The molecule has 0 bridgehead atoms. The minimum atomic E-state index is -4.56. The van der Waals surface area contributed by atoms with Crippen molar-refractivity contribution < 1.29 is 13.2 Å². The van der Waals surface area contributed by atoms with Crippen LogP contribution >= 0.6 is 0 Å². The van der Waals surface area contributed by atoms with Crippen molar-refractivity contribution in [3.63, 3.8) is 0 Å². The minimum absolute atomic E-state index is 0.117. The molecule has 0 aliphatic rings. The first-order valence-corrected chi connectivity index (χ1v) is 4.79. The molecule has 0 aliphatic carbocycles. The highest BCUT2D eigenvalue weighted by Gasteiger charge is 2.34. The lowest BCUT2D eigenvalue weighted by atomic mass is 10.4. The highest BCUT2D eigenvalue weighted by atomic mass is 19.4. The fourth-order valence-electron chi connectivity index (χ4n) is 1.48. The molecular formula is C9H9F3N4O. The van der Waals surface area contributed by atoms with Crippen LogP contribution in [0.5, 0.6) is 0 Å². The van der Waals surface area contributed by atoms with Crippen molar-refractivity contribution in [2.45, 2.75) is 12.7 Å². The molecule has 0 radical (unpaired) electrons. The molecule has 0 saturated carbocycles. The van der Waals surface area contributed by atoms with E-state index in [-0.39, 0.29) is 18.6 Å². The first-order valence-electron chi connectivity index (χ1n) is 4.79. The monoisotopic (exact) mass is 246 g/mol. The molecule has 2 N–H and O–H groups in total. The van der Waals surface area contributed by atoms with E-state index in [2.05, 4.69) is 5.10 Å². The van der Waals surface area contributed by atoms with Crippen LogP contribution < -0.4 is 11.3 Å². The fourth-order valence-corrected chi connectivity index (χ4v) is 1.48. The first kappa shape index (κ1) is 11.6. The van der Waals surface area contributed by atoms with Crippen LogP contribution in [0.2, 0.25) is 0 Å². The van der Waals surface area contributed by atoms with Crippen LogP contribution in [0.25, 0.3) is 5.52 Å². The van der Waals surface area contributed by atoms with Crippen molar-refractivity contribution >= 4 is 5.52 Å². The zero-order valence-electron chi connectivity index (χ0n) is 8.61. The summed E-state index contributed by atoms with van der Waals surface area (Å²) in [7, 11) is 0. The van der Waals surface area contributed by atoms with Crippen LogP contribution in [-0.2, 0) is 12.7 Å². The number of aromatic nitrogens is 3. The summed E-state index contributed by atoms with van der Waals surface area (Å²) in [4.78, 5) is 11.7. The van der Waals surface area contributed by atoms with Crippen LogP contribution in [0, 0.1) is 0 Å². The van der Waals surface area contributed by atoms with Gasteiger partial charge in [-0.3, -0.25) is 4.79 Å². The number of nitrogens with two attached hydrogens (primary N) is 1. The molecule has 0 atom stereocenters. The Morgan fingerprint density at radius 1 is 1.35 bits per heavy atom. The predicted octanol–water partition coefficient (Wildman–Crippen LogP) is 0.473. The molecule has 0 fully saturated rings. The largest absolute Gasteiger partial charge is 0.435 e. The molecule has 5 nitrogen and oxygen atoms in total. The molecule has 0 spiro atoms. The van der Waals surface area contributed by atoms with Gasteiger partial charge in [0.2, 0.25) is 0 Å². The summed E-state index contributed by atoms with van der Waals surface area (Å²) in [6.45, 7) is 0.484. The Bertz CT molecular complexity index is 598. The highest BCUT2D eigenvalue weighted by molar-refractivity contribution is 5.45. The normalized spacial score (nSPS) is 12.2. The Kier molecular flexibility index (Phi) is 2.66. The Hall–Kier alpha value is -1.83. The molecule has 17 heavy (non-hydrogen) atoms. The van der Waals surface area contributed by atoms with Crippen molar-refractivity contribution in [3.05, 3.63) is 34.5 Å². The molecule has 0 unspecified atom stereocenters. The van der Waals surface area contributed by atoms with Crippen molar-refractivity contribution in [1.29, 1.82) is 0 Å².